The Kier molecular flexibility index (Phi) is 6.18. The second-order valence-corrected chi connectivity index (χ2v) is 7.04. The number of non-ortho nitro benzene ring substituents is 1. The van der Waals surface area contributed by atoms with Crippen LogP contribution in [0.3, 0.4) is 0 Å². The van der Waals surface area contributed by atoms with Gasteiger partial charge in [-0.3, -0.25) is 14.9 Å². The van der Waals surface area contributed by atoms with Crippen LogP contribution in [-0.2, 0) is 0 Å². The molecule has 1 saturated carbocycles. The first-order valence-corrected chi connectivity index (χ1v) is 8.63. The Morgan fingerprint density at radius 1 is 1.29 bits per heavy atom. The second-order valence-electron chi connectivity index (χ2n) is 6.64. The van der Waals surface area contributed by atoms with E-state index in [2.05, 4.69) is 24.3 Å². The average molecular weight is 354 g/mol. The molecule has 0 aromatic heterocycles. The molecule has 1 amide bonds. The molecule has 1 fully saturated rings. The Morgan fingerprint density at radius 2 is 1.92 bits per heavy atom. The largest absolute Gasteiger partial charge is 0.350 e. The topological polar surface area (TPSA) is 75.5 Å². The van der Waals surface area contributed by atoms with Gasteiger partial charge in [-0.2, -0.15) is 0 Å². The van der Waals surface area contributed by atoms with E-state index >= 15 is 0 Å². The van der Waals surface area contributed by atoms with E-state index in [-0.39, 0.29) is 27.7 Å². The molecule has 0 saturated heterocycles. The third kappa shape index (κ3) is 4.24. The normalized spacial score (nSPS) is 17.3. The number of amides is 1. The van der Waals surface area contributed by atoms with Gasteiger partial charge in [0.1, 0.15) is 0 Å². The van der Waals surface area contributed by atoms with Gasteiger partial charge in [-0.25, -0.2) is 0 Å². The lowest BCUT2D eigenvalue weighted by molar-refractivity contribution is -0.384. The molecule has 0 unspecified atom stereocenters. The summed E-state index contributed by atoms with van der Waals surface area (Å²) in [6.07, 6.45) is 6.89. The lowest BCUT2D eigenvalue weighted by atomic mass is 9.88. The molecule has 6 nitrogen and oxygen atoms in total. The van der Waals surface area contributed by atoms with Crippen molar-refractivity contribution in [3.8, 4) is 0 Å². The summed E-state index contributed by atoms with van der Waals surface area (Å²) >= 11 is 6.04. The zero-order valence-electron chi connectivity index (χ0n) is 14.2. The number of halogens is 1. The minimum absolute atomic E-state index is 0.0422. The smallest absolute Gasteiger partial charge is 0.270 e. The summed E-state index contributed by atoms with van der Waals surface area (Å²) in [5.74, 6) is -0.291. The van der Waals surface area contributed by atoms with E-state index in [0.29, 0.717) is 6.54 Å². The molecule has 0 radical (unpaired) electrons. The van der Waals surface area contributed by atoms with Crippen LogP contribution in [0.1, 0.15) is 48.9 Å². The standard InChI is InChI=1S/C17H24ClN3O3/c1-20(2)17(9-5-3-4-6-10-17)12-19-16(22)14-8-7-13(21(23)24)11-15(14)18/h7-8,11H,3-6,9-10,12H2,1-2H3,(H,19,22). The highest BCUT2D eigenvalue weighted by Crippen LogP contribution is 2.31. The number of nitro benzene ring substituents is 1. The van der Waals surface area contributed by atoms with Gasteiger partial charge < -0.3 is 10.2 Å². The van der Waals surface area contributed by atoms with Crippen LogP contribution in [0.25, 0.3) is 0 Å². The summed E-state index contributed by atoms with van der Waals surface area (Å²) in [6, 6.07) is 3.92. The number of nitro groups is 1. The van der Waals surface area contributed by atoms with Crippen molar-refractivity contribution in [2.24, 2.45) is 0 Å². The van der Waals surface area contributed by atoms with Crippen molar-refractivity contribution in [2.45, 2.75) is 44.1 Å². The molecule has 1 aliphatic rings. The highest BCUT2D eigenvalue weighted by Gasteiger charge is 2.33. The summed E-state index contributed by atoms with van der Waals surface area (Å²) in [5.41, 5.74) is 0.106. The van der Waals surface area contributed by atoms with Gasteiger partial charge in [0.25, 0.3) is 11.6 Å². The minimum Gasteiger partial charge on any atom is -0.350 e. The Bertz CT molecular complexity index is 611. The van der Waals surface area contributed by atoms with E-state index in [1.54, 1.807) is 0 Å². The van der Waals surface area contributed by atoms with Gasteiger partial charge in [0.15, 0.2) is 0 Å². The Balaban J connectivity index is 2.09. The van der Waals surface area contributed by atoms with Crippen molar-refractivity contribution in [3.05, 3.63) is 38.9 Å². The maximum Gasteiger partial charge on any atom is 0.270 e. The second kappa shape index (κ2) is 7.94. The Morgan fingerprint density at radius 3 is 2.42 bits per heavy atom. The average Bonchev–Trinajstić information content (AvgIpc) is 2.79. The van der Waals surface area contributed by atoms with Crippen molar-refractivity contribution >= 4 is 23.2 Å². The number of carbonyl (C=O) groups is 1. The summed E-state index contributed by atoms with van der Waals surface area (Å²) in [7, 11) is 4.10. The van der Waals surface area contributed by atoms with Gasteiger partial charge in [0.05, 0.1) is 15.5 Å². The van der Waals surface area contributed by atoms with Crippen LogP contribution in [0, 0.1) is 10.1 Å². The highest BCUT2D eigenvalue weighted by atomic mass is 35.5. The lowest BCUT2D eigenvalue weighted by Crippen LogP contribution is -2.52. The fourth-order valence-electron chi connectivity index (χ4n) is 3.31. The molecule has 24 heavy (non-hydrogen) atoms. The van der Waals surface area contributed by atoms with Gasteiger partial charge in [0.2, 0.25) is 0 Å². The van der Waals surface area contributed by atoms with Crippen LogP contribution in [0.15, 0.2) is 18.2 Å². The van der Waals surface area contributed by atoms with Crippen LogP contribution in [0.5, 0.6) is 0 Å². The highest BCUT2D eigenvalue weighted by molar-refractivity contribution is 6.34. The number of rotatable bonds is 5. The fraction of sp³-hybridized carbons (Fsp3) is 0.588. The summed E-state index contributed by atoms with van der Waals surface area (Å²) in [4.78, 5) is 24.9. The number of carbonyl (C=O) groups excluding carboxylic acids is 1. The minimum atomic E-state index is -0.528. The third-order valence-electron chi connectivity index (χ3n) is 4.97. The van der Waals surface area contributed by atoms with Gasteiger partial charge in [-0.05, 0) is 33.0 Å². The third-order valence-corrected chi connectivity index (χ3v) is 5.28. The molecule has 132 valence electrons. The van der Waals surface area contributed by atoms with Crippen molar-refractivity contribution in [3.63, 3.8) is 0 Å². The molecule has 7 heteroatoms. The van der Waals surface area contributed by atoms with Crippen molar-refractivity contribution in [1.82, 2.24) is 10.2 Å². The van der Waals surface area contributed by atoms with E-state index in [0.717, 1.165) is 25.7 Å². The van der Waals surface area contributed by atoms with E-state index in [1.807, 2.05) is 0 Å². The number of hydrogen-bond acceptors (Lipinski definition) is 4. The van der Waals surface area contributed by atoms with Gasteiger partial charge in [-0.15, -0.1) is 0 Å². The van der Waals surface area contributed by atoms with E-state index in [4.69, 9.17) is 11.6 Å². The molecule has 0 bridgehead atoms. The molecule has 0 aliphatic heterocycles. The van der Waals surface area contributed by atoms with Crippen LogP contribution < -0.4 is 5.32 Å². The fourth-order valence-corrected chi connectivity index (χ4v) is 3.57. The zero-order valence-corrected chi connectivity index (χ0v) is 14.9. The Labute approximate surface area is 147 Å². The first kappa shape index (κ1) is 18.7. The van der Waals surface area contributed by atoms with E-state index in [1.165, 1.54) is 31.0 Å². The van der Waals surface area contributed by atoms with Crippen LogP contribution >= 0.6 is 11.6 Å². The molecule has 0 spiro atoms. The maximum atomic E-state index is 12.5. The number of likely N-dealkylation sites (N-methyl/N-ethyl adjacent to an activating group) is 1. The Hall–Kier alpha value is -1.66. The van der Waals surface area contributed by atoms with Crippen molar-refractivity contribution in [2.75, 3.05) is 20.6 Å². The van der Waals surface area contributed by atoms with Crippen LogP contribution in [0.2, 0.25) is 5.02 Å². The number of nitrogens with one attached hydrogen (secondary N) is 1. The van der Waals surface area contributed by atoms with Crippen molar-refractivity contribution < 1.29 is 9.72 Å². The molecule has 0 atom stereocenters. The van der Waals surface area contributed by atoms with Gasteiger partial charge in [-0.1, -0.05) is 37.3 Å². The zero-order chi connectivity index (χ0) is 17.7. The molecule has 1 N–H and O–H groups in total. The monoisotopic (exact) mass is 353 g/mol. The summed E-state index contributed by atoms with van der Waals surface area (Å²) in [6.45, 7) is 0.548. The van der Waals surface area contributed by atoms with E-state index in [9.17, 15) is 14.9 Å². The van der Waals surface area contributed by atoms with Gasteiger partial charge >= 0.3 is 0 Å². The number of nitrogens with zero attached hydrogens (tertiary/aromatic N) is 2. The molecule has 1 aromatic rings. The van der Waals surface area contributed by atoms with Crippen LogP contribution in [0.4, 0.5) is 5.69 Å². The lowest BCUT2D eigenvalue weighted by Gasteiger charge is -2.39. The van der Waals surface area contributed by atoms with Crippen LogP contribution in [-0.4, -0.2) is 41.9 Å². The first-order chi connectivity index (χ1) is 11.4. The SMILES string of the molecule is CN(C)C1(CNC(=O)c2ccc([N+](=O)[O-])cc2Cl)CCCCCC1. The summed E-state index contributed by atoms with van der Waals surface area (Å²) < 4.78 is 0. The quantitative estimate of drug-likeness (QED) is 0.498. The summed E-state index contributed by atoms with van der Waals surface area (Å²) in [5, 5.41) is 13.8. The first-order valence-electron chi connectivity index (χ1n) is 8.25. The molecule has 0 heterocycles. The predicted molar refractivity (Wildman–Crippen MR) is 94.6 cm³/mol. The molecule has 1 aromatic carbocycles. The predicted octanol–water partition coefficient (Wildman–Crippen LogP) is 3.63. The molecule has 2 rings (SSSR count). The number of benzene rings is 1. The molecular weight excluding hydrogens is 330 g/mol. The number of hydrogen-bond donors (Lipinski definition) is 1. The molecular formula is C17H24ClN3O3. The van der Waals surface area contributed by atoms with E-state index < -0.39 is 4.92 Å². The van der Waals surface area contributed by atoms with Gasteiger partial charge in [0, 0.05) is 24.2 Å². The molecule has 1 aliphatic carbocycles. The van der Waals surface area contributed by atoms with Crippen molar-refractivity contribution in [1.29, 1.82) is 0 Å². The maximum absolute atomic E-state index is 12.5.